The van der Waals surface area contributed by atoms with Gasteiger partial charge < -0.3 is 10.6 Å². The predicted octanol–water partition coefficient (Wildman–Crippen LogP) is 3.71. The van der Waals surface area contributed by atoms with Crippen LogP contribution in [-0.2, 0) is 0 Å². The van der Waals surface area contributed by atoms with Gasteiger partial charge in [-0.15, -0.1) is 0 Å². The van der Waals surface area contributed by atoms with Gasteiger partial charge in [0.15, 0.2) is 0 Å². The van der Waals surface area contributed by atoms with Gasteiger partial charge in [0.1, 0.15) is 5.82 Å². The van der Waals surface area contributed by atoms with E-state index in [9.17, 15) is 0 Å². The third-order valence-corrected chi connectivity index (χ3v) is 3.03. The molecule has 5 heteroatoms. The van der Waals surface area contributed by atoms with Crippen molar-refractivity contribution in [2.24, 2.45) is 0 Å². The number of hydrogen-bond acceptors (Lipinski definition) is 5. The third kappa shape index (κ3) is 3.38. The van der Waals surface area contributed by atoms with Gasteiger partial charge in [-0.1, -0.05) is 24.3 Å². The van der Waals surface area contributed by atoms with Crippen molar-refractivity contribution in [2.45, 2.75) is 6.92 Å². The third-order valence-electron chi connectivity index (χ3n) is 3.03. The smallest absolute Gasteiger partial charge is 0.225 e. The number of aromatic nitrogens is 3. The molecule has 0 saturated heterocycles. The van der Waals surface area contributed by atoms with Crippen LogP contribution in [0.5, 0.6) is 0 Å². The van der Waals surface area contributed by atoms with Crippen LogP contribution in [-0.4, -0.2) is 21.5 Å². The summed E-state index contributed by atoms with van der Waals surface area (Å²) in [6.07, 6.45) is 1.76. The Labute approximate surface area is 129 Å². The summed E-state index contributed by atoms with van der Waals surface area (Å²) in [6.45, 7) is 2.78. The molecule has 1 aromatic carbocycles. The largest absolute Gasteiger partial charge is 0.354 e. The monoisotopic (exact) mass is 291 g/mol. The van der Waals surface area contributed by atoms with Crippen molar-refractivity contribution in [1.82, 2.24) is 15.0 Å². The highest BCUT2D eigenvalue weighted by atomic mass is 15.1. The van der Waals surface area contributed by atoms with Crippen molar-refractivity contribution in [1.29, 1.82) is 0 Å². The van der Waals surface area contributed by atoms with Gasteiger partial charge in [0.2, 0.25) is 5.95 Å². The Morgan fingerprint density at radius 2 is 1.73 bits per heavy atom. The quantitative estimate of drug-likeness (QED) is 0.750. The van der Waals surface area contributed by atoms with Gasteiger partial charge in [0.05, 0.1) is 11.4 Å². The molecule has 0 bridgehead atoms. The average Bonchev–Trinajstić information content (AvgIpc) is 2.57. The fourth-order valence-electron chi connectivity index (χ4n) is 2.06. The number of rotatable bonds is 5. The highest BCUT2D eigenvalue weighted by molar-refractivity contribution is 5.65. The van der Waals surface area contributed by atoms with Gasteiger partial charge in [0, 0.05) is 24.5 Å². The van der Waals surface area contributed by atoms with Crippen LogP contribution in [0.4, 0.5) is 17.5 Å². The molecule has 0 aliphatic heterocycles. The number of pyridine rings is 1. The second-order valence-electron chi connectivity index (χ2n) is 4.70. The highest BCUT2D eigenvalue weighted by Gasteiger charge is 2.07. The summed E-state index contributed by atoms with van der Waals surface area (Å²) < 4.78 is 0. The Morgan fingerprint density at radius 3 is 2.45 bits per heavy atom. The fraction of sp³-hybridized carbons (Fsp3) is 0.118. The van der Waals surface area contributed by atoms with E-state index in [0.717, 1.165) is 29.4 Å². The van der Waals surface area contributed by atoms with E-state index in [1.807, 2.05) is 61.5 Å². The van der Waals surface area contributed by atoms with E-state index in [1.54, 1.807) is 6.20 Å². The van der Waals surface area contributed by atoms with Crippen LogP contribution in [0.15, 0.2) is 60.8 Å². The predicted molar refractivity (Wildman–Crippen MR) is 89.2 cm³/mol. The van der Waals surface area contributed by atoms with Crippen molar-refractivity contribution >= 4 is 17.5 Å². The first-order valence-electron chi connectivity index (χ1n) is 7.21. The van der Waals surface area contributed by atoms with Crippen molar-refractivity contribution in [3.63, 3.8) is 0 Å². The van der Waals surface area contributed by atoms with Crippen LogP contribution >= 0.6 is 0 Å². The lowest BCUT2D eigenvalue weighted by Gasteiger charge is -2.10. The van der Waals surface area contributed by atoms with E-state index in [1.165, 1.54) is 0 Å². The molecule has 0 radical (unpaired) electrons. The fourth-order valence-corrected chi connectivity index (χ4v) is 2.06. The molecule has 110 valence electrons. The van der Waals surface area contributed by atoms with Gasteiger partial charge in [-0.2, -0.15) is 4.98 Å². The molecular formula is C17H17N5. The molecule has 2 heterocycles. The van der Waals surface area contributed by atoms with Gasteiger partial charge in [-0.3, -0.25) is 4.98 Å². The van der Waals surface area contributed by atoms with Crippen LogP contribution in [0.25, 0.3) is 11.4 Å². The lowest BCUT2D eigenvalue weighted by Crippen LogP contribution is -2.05. The van der Waals surface area contributed by atoms with E-state index in [-0.39, 0.29) is 0 Å². The van der Waals surface area contributed by atoms with Gasteiger partial charge >= 0.3 is 0 Å². The zero-order valence-electron chi connectivity index (χ0n) is 12.3. The van der Waals surface area contributed by atoms with E-state index >= 15 is 0 Å². The van der Waals surface area contributed by atoms with E-state index in [2.05, 4.69) is 25.6 Å². The molecule has 0 fully saturated rings. The van der Waals surface area contributed by atoms with Crippen LogP contribution in [0.1, 0.15) is 6.92 Å². The number of anilines is 3. The molecule has 2 aromatic heterocycles. The molecule has 0 saturated carbocycles. The second kappa shape index (κ2) is 6.67. The number of nitrogens with zero attached hydrogens (tertiary/aromatic N) is 3. The Morgan fingerprint density at radius 1 is 0.909 bits per heavy atom. The first kappa shape index (κ1) is 14.0. The number of benzene rings is 1. The van der Waals surface area contributed by atoms with Crippen LogP contribution < -0.4 is 10.6 Å². The van der Waals surface area contributed by atoms with Crippen molar-refractivity contribution in [2.75, 3.05) is 17.2 Å². The van der Waals surface area contributed by atoms with Crippen LogP contribution in [0.3, 0.4) is 0 Å². The lowest BCUT2D eigenvalue weighted by molar-refractivity contribution is 1.08. The van der Waals surface area contributed by atoms with E-state index in [4.69, 9.17) is 0 Å². The Bertz CT molecular complexity index is 729. The summed E-state index contributed by atoms with van der Waals surface area (Å²) >= 11 is 0. The number of hydrogen-bond donors (Lipinski definition) is 2. The zero-order valence-corrected chi connectivity index (χ0v) is 12.3. The second-order valence-corrected chi connectivity index (χ2v) is 4.70. The summed E-state index contributed by atoms with van der Waals surface area (Å²) in [4.78, 5) is 13.3. The minimum atomic E-state index is 0.587. The molecule has 0 amide bonds. The van der Waals surface area contributed by atoms with Crippen molar-refractivity contribution in [3.8, 4) is 11.4 Å². The molecule has 5 nitrogen and oxygen atoms in total. The SMILES string of the molecule is CCNc1nc(Nc2ccccc2)cc(-c2ccccn2)n1. The maximum Gasteiger partial charge on any atom is 0.225 e. The Kier molecular flexibility index (Phi) is 4.25. The molecule has 0 aliphatic rings. The summed E-state index contributed by atoms with van der Waals surface area (Å²) in [5.41, 5.74) is 2.58. The van der Waals surface area contributed by atoms with Crippen LogP contribution in [0.2, 0.25) is 0 Å². The average molecular weight is 291 g/mol. The van der Waals surface area contributed by atoms with Gasteiger partial charge in [-0.05, 0) is 31.2 Å². The molecular weight excluding hydrogens is 274 g/mol. The normalized spacial score (nSPS) is 10.2. The molecule has 0 spiro atoms. The van der Waals surface area contributed by atoms with Crippen molar-refractivity contribution < 1.29 is 0 Å². The standard InChI is InChI=1S/C17H17N5/c1-2-18-17-21-15(14-10-6-7-11-19-14)12-16(22-17)20-13-8-4-3-5-9-13/h3-12H,2H2,1H3,(H2,18,20,21,22). The van der Waals surface area contributed by atoms with Gasteiger partial charge in [0.25, 0.3) is 0 Å². The minimum Gasteiger partial charge on any atom is -0.354 e. The topological polar surface area (TPSA) is 62.7 Å². The maximum atomic E-state index is 4.51. The zero-order chi connectivity index (χ0) is 15.2. The maximum absolute atomic E-state index is 4.51. The summed E-state index contributed by atoms with van der Waals surface area (Å²) in [5.74, 6) is 1.32. The number of nitrogens with one attached hydrogen (secondary N) is 2. The molecule has 2 N–H and O–H groups in total. The summed E-state index contributed by atoms with van der Waals surface area (Å²) in [5, 5.41) is 6.45. The molecule has 3 aromatic rings. The number of para-hydroxylation sites is 1. The highest BCUT2D eigenvalue weighted by Crippen LogP contribution is 2.22. The minimum absolute atomic E-state index is 0.587. The molecule has 3 rings (SSSR count). The van der Waals surface area contributed by atoms with E-state index < -0.39 is 0 Å². The summed E-state index contributed by atoms with van der Waals surface area (Å²) in [7, 11) is 0. The molecule has 0 aliphatic carbocycles. The van der Waals surface area contributed by atoms with Crippen LogP contribution in [0, 0.1) is 0 Å². The lowest BCUT2D eigenvalue weighted by atomic mass is 10.2. The van der Waals surface area contributed by atoms with Crippen molar-refractivity contribution in [3.05, 3.63) is 60.8 Å². The molecule has 0 unspecified atom stereocenters. The Balaban J connectivity index is 1.97. The molecule has 0 atom stereocenters. The summed E-state index contributed by atoms with van der Waals surface area (Å²) in [6, 6.07) is 17.6. The molecule has 22 heavy (non-hydrogen) atoms. The Hall–Kier alpha value is -2.95. The first-order chi connectivity index (χ1) is 10.8. The first-order valence-corrected chi connectivity index (χ1v) is 7.21. The van der Waals surface area contributed by atoms with Gasteiger partial charge in [-0.25, -0.2) is 4.98 Å². The van der Waals surface area contributed by atoms with E-state index in [0.29, 0.717) is 5.95 Å².